The lowest BCUT2D eigenvalue weighted by atomic mass is 10.1. The molecule has 0 radical (unpaired) electrons. The van der Waals surface area contributed by atoms with Crippen LogP contribution in [0.25, 0.3) is 0 Å². The van der Waals surface area contributed by atoms with Gasteiger partial charge in [0.1, 0.15) is 0 Å². The molecule has 0 amide bonds. The van der Waals surface area contributed by atoms with Crippen LogP contribution in [0.15, 0.2) is 18.2 Å². The van der Waals surface area contributed by atoms with Crippen molar-refractivity contribution in [2.24, 2.45) is 0 Å². The molecule has 1 atom stereocenters. The molecule has 0 unspecified atom stereocenters. The third-order valence-electron chi connectivity index (χ3n) is 2.07. The van der Waals surface area contributed by atoms with E-state index in [1.807, 2.05) is 13.1 Å². The lowest BCUT2D eigenvalue weighted by Gasteiger charge is -2.10. The zero-order valence-electron chi connectivity index (χ0n) is 7.91. The van der Waals surface area contributed by atoms with Gasteiger partial charge in [-0.15, -0.1) is 0 Å². The third kappa shape index (κ3) is 2.63. The topological polar surface area (TPSA) is 52.5 Å². The molecule has 0 aliphatic heterocycles. The van der Waals surface area contributed by atoms with Crippen LogP contribution in [0, 0.1) is 0 Å². The Hall–Kier alpha value is -1.22. The molecule has 0 heterocycles. The Morgan fingerprint density at radius 2 is 2.00 bits per heavy atom. The number of aromatic hydroxyl groups is 2. The highest BCUT2D eigenvalue weighted by atomic mass is 16.3. The zero-order chi connectivity index (χ0) is 9.84. The summed E-state index contributed by atoms with van der Waals surface area (Å²) in [7, 11) is 1.89. The third-order valence-corrected chi connectivity index (χ3v) is 2.07. The predicted octanol–water partition coefficient (Wildman–Crippen LogP) is 1.25. The fraction of sp³-hybridized carbons (Fsp3) is 0.400. The number of phenols is 2. The van der Waals surface area contributed by atoms with E-state index >= 15 is 0 Å². The van der Waals surface area contributed by atoms with Crippen LogP contribution in [0.3, 0.4) is 0 Å². The average molecular weight is 181 g/mol. The maximum Gasteiger partial charge on any atom is 0.157 e. The number of phenolic OH excluding ortho intramolecular Hbond substituents is 2. The molecule has 3 heteroatoms. The summed E-state index contributed by atoms with van der Waals surface area (Å²) in [5, 5.41) is 21.4. The summed E-state index contributed by atoms with van der Waals surface area (Å²) < 4.78 is 0. The Morgan fingerprint density at radius 3 is 2.54 bits per heavy atom. The van der Waals surface area contributed by atoms with Gasteiger partial charge in [-0.3, -0.25) is 0 Å². The lowest BCUT2D eigenvalue weighted by Crippen LogP contribution is -2.23. The molecule has 0 aliphatic carbocycles. The first-order chi connectivity index (χ1) is 6.13. The molecule has 3 N–H and O–H groups in total. The maximum atomic E-state index is 9.22. The van der Waals surface area contributed by atoms with Crippen molar-refractivity contribution in [3.8, 4) is 11.5 Å². The van der Waals surface area contributed by atoms with Gasteiger partial charge < -0.3 is 15.5 Å². The van der Waals surface area contributed by atoms with Crippen LogP contribution in [-0.2, 0) is 6.42 Å². The largest absolute Gasteiger partial charge is 0.504 e. The molecular formula is C10H15NO2. The van der Waals surface area contributed by atoms with Gasteiger partial charge in [-0.1, -0.05) is 6.07 Å². The van der Waals surface area contributed by atoms with E-state index in [4.69, 9.17) is 5.11 Å². The highest BCUT2D eigenvalue weighted by Crippen LogP contribution is 2.25. The highest BCUT2D eigenvalue weighted by molar-refractivity contribution is 5.40. The molecule has 1 aromatic rings. The van der Waals surface area contributed by atoms with Crippen LogP contribution in [0.5, 0.6) is 11.5 Å². The number of benzene rings is 1. The van der Waals surface area contributed by atoms with Gasteiger partial charge in [0.25, 0.3) is 0 Å². The summed E-state index contributed by atoms with van der Waals surface area (Å²) in [5.74, 6) is -0.123. The van der Waals surface area contributed by atoms with Crippen LogP contribution in [0.1, 0.15) is 12.5 Å². The fourth-order valence-electron chi connectivity index (χ4n) is 1.15. The second-order valence-electron chi connectivity index (χ2n) is 3.22. The molecule has 13 heavy (non-hydrogen) atoms. The van der Waals surface area contributed by atoms with E-state index in [1.165, 1.54) is 6.07 Å². The Bertz CT molecular complexity index is 286. The van der Waals surface area contributed by atoms with Crippen LogP contribution in [-0.4, -0.2) is 23.3 Å². The van der Waals surface area contributed by atoms with Crippen molar-refractivity contribution in [1.29, 1.82) is 0 Å². The Labute approximate surface area is 78.0 Å². The smallest absolute Gasteiger partial charge is 0.157 e. The van der Waals surface area contributed by atoms with Crippen LogP contribution in [0.4, 0.5) is 0 Å². The molecule has 1 rings (SSSR count). The summed E-state index contributed by atoms with van der Waals surface area (Å²) in [6.45, 7) is 2.06. The van der Waals surface area contributed by atoms with E-state index in [1.54, 1.807) is 6.07 Å². The van der Waals surface area contributed by atoms with E-state index in [-0.39, 0.29) is 11.5 Å². The van der Waals surface area contributed by atoms with E-state index in [9.17, 15) is 5.11 Å². The highest BCUT2D eigenvalue weighted by Gasteiger charge is 2.03. The van der Waals surface area contributed by atoms with Gasteiger partial charge in [-0.25, -0.2) is 0 Å². The molecule has 0 saturated heterocycles. The molecule has 0 fully saturated rings. The number of rotatable bonds is 3. The van der Waals surface area contributed by atoms with Crippen LogP contribution in [0.2, 0.25) is 0 Å². The van der Waals surface area contributed by atoms with Gasteiger partial charge >= 0.3 is 0 Å². The minimum atomic E-state index is -0.0686. The summed E-state index contributed by atoms with van der Waals surface area (Å²) >= 11 is 0. The number of hydrogen-bond donors (Lipinski definition) is 3. The first-order valence-electron chi connectivity index (χ1n) is 4.31. The van der Waals surface area contributed by atoms with Crippen molar-refractivity contribution in [2.45, 2.75) is 19.4 Å². The summed E-state index contributed by atoms with van der Waals surface area (Å²) in [6, 6.07) is 5.27. The summed E-state index contributed by atoms with van der Waals surface area (Å²) in [5.41, 5.74) is 1.01. The molecule has 1 aromatic carbocycles. The number of likely N-dealkylation sites (N-methyl/N-ethyl adjacent to an activating group) is 1. The summed E-state index contributed by atoms with van der Waals surface area (Å²) in [4.78, 5) is 0. The maximum absolute atomic E-state index is 9.22. The Morgan fingerprint density at radius 1 is 1.31 bits per heavy atom. The first-order valence-corrected chi connectivity index (χ1v) is 4.31. The standard InChI is InChI=1S/C10H15NO2/c1-7(11-2)5-8-3-4-9(12)10(13)6-8/h3-4,6-7,11-13H,5H2,1-2H3/t7-/m1/s1. The van der Waals surface area contributed by atoms with Crippen molar-refractivity contribution >= 4 is 0 Å². The second kappa shape index (κ2) is 4.14. The molecular weight excluding hydrogens is 166 g/mol. The quantitative estimate of drug-likeness (QED) is 0.615. The van der Waals surface area contributed by atoms with Crippen molar-refractivity contribution in [3.63, 3.8) is 0 Å². The zero-order valence-corrected chi connectivity index (χ0v) is 7.91. The molecule has 0 saturated carbocycles. The van der Waals surface area contributed by atoms with Gasteiger partial charge in [0.2, 0.25) is 0 Å². The van der Waals surface area contributed by atoms with Crippen LogP contribution < -0.4 is 5.32 Å². The molecule has 0 spiro atoms. The monoisotopic (exact) mass is 181 g/mol. The van der Waals surface area contributed by atoms with Crippen molar-refractivity contribution in [3.05, 3.63) is 23.8 Å². The number of nitrogens with one attached hydrogen (secondary N) is 1. The van der Waals surface area contributed by atoms with Gasteiger partial charge in [-0.05, 0) is 38.1 Å². The number of hydrogen-bond acceptors (Lipinski definition) is 3. The van der Waals surface area contributed by atoms with Crippen molar-refractivity contribution < 1.29 is 10.2 Å². The van der Waals surface area contributed by atoms with E-state index < -0.39 is 0 Å². The van der Waals surface area contributed by atoms with E-state index in [0.717, 1.165) is 12.0 Å². The van der Waals surface area contributed by atoms with Crippen LogP contribution >= 0.6 is 0 Å². The van der Waals surface area contributed by atoms with Gasteiger partial charge in [-0.2, -0.15) is 0 Å². The second-order valence-corrected chi connectivity index (χ2v) is 3.22. The summed E-state index contributed by atoms with van der Waals surface area (Å²) in [6.07, 6.45) is 0.838. The normalized spacial score (nSPS) is 12.8. The molecule has 0 aromatic heterocycles. The van der Waals surface area contributed by atoms with E-state index in [2.05, 4.69) is 12.2 Å². The van der Waals surface area contributed by atoms with Gasteiger partial charge in [0.15, 0.2) is 11.5 Å². The van der Waals surface area contributed by atoms with Crippen molar-refractivity contribution in [1.82, 2.24) is 5.32 Å². The minimum Gasteiger partial charge on any atom is -0.504 e. The Kier molecular flexibility index (Phi) is 3.14. The SMILES string of the molecule is CN[C@H](C)Cc1ccc(O)c(O)c1. The predicted molar refractivity (Wildman–Crippen MR) is 52.0 cm³/mol. The Balaban J connectivity index is 2.73. The molecule has 3 nitrogen and oxygen atoms in total. The first kappa shape index (κ1) is 9.86. The van der Waals surface area contributed by atoms with Gasteiger partial charge in [0, 0.05) is 6.04 Å². The molecule has 0 bridgehead atoms. The van der Waals surface area contributed by atoms with E-state index in [0.29, 0.717) is 6.04 Å². The minimum absolute atomic E-state index is 0.0548. The average Bonchev–Trinajstić information content (AvgIpc) is 2.11. The fourth-order valence-corrected chi connectivity index (χ4v) is 1.15. The van der Waals surface area contributed by atoms with Crippen molar-refractivity contribution in [2.75, 3.05) is 7.05 Å². The molecule has 0 aliphatic rings. The lowest BCUT2D eigenvalue weighted by molar-refractivity contribution is 0.403. The van der Waals surface area contributed by atoms with Gasteiger partial charge in [0.05, 0.1) is 0 Å². The molecule has 72 valence electrons.